The summed E-state index contributed by atoms with van der Waals surface area (Å²) in [4.78, 5) is 26.6. The van der Waals surface area contributed by atoms with Crippen molar-refractivity contribution >= 4 is 28.2 Å². The van der Waals surface area contributed by atoms with E-state index >= 15 is 0 Å². The molecule has 1 fully saturated rings. The highest BCUT2D eigenvalue weighted by atomic mass is 32.1. The maximum atomic E-state index is 12.8. The summed E-state index contributed by atoms with van der Waals surface area (Å²) in [7, 11) is 0. The van der Waals surface area contributed by atoms with Crippen LogP contribution in [0.2, 0.25) is 0 Å². The van der Waals surface area contributed by atoms with Crippen LogP contribution in [0.4, 0.5) is 5.00 Å². The van der Waals surface area contributed by atoms with Crippen molar-refractivity contribution < 1.29 is 9.59 Å². The minimum atomic E-state index is -0.559. The number of hydrogen-bond donors (Lipinski definition) is 3. The molecule has 2 aromatic carbocycles. The van der Waals surface area contributed by atoms with E-state index in [9.17, 15) is 9.59 Å². The van der Waals surface area contributed by atoms with Gasteiger partial charge in [-0.05, 0) is 40.3 Å². The number of benzene rings is 2. The average Bonchev–Trinajstić information content (AvgIpc) is 3.16. The summed E-state index contributed by atoms with van der Waals surface area (Å²) in [6, 6.07) is 17.6. The van der Waals surface area contributed by atoms with Gasteiger partial charge in [0.05, 0.1) is 5.56 Å². The Morgan fingerprint density at radius 3 is 2.55 bits per heavy atom. The van der Waals surface area contributed by atoms with Gasteiger partial charge in [0.15, 0.2) is 0 Å². The van der Waals surface area contributed by atoms with Crippen LogP contribution in [0.1, 0.15) is 26.3 Å². The lowest BCUT2D eigenvalue weighted by Gasteiger charge is -2.37. The number of nitrogens with two attached hydrogens (primary N) is 2. The van der Waals surface area contributed by atoms with Gasteiger partial charge >= 0.3 is 0 Å². The molecule has 4 rings (SSSR count). The molecule has 0 aliphatic carbocycles. The smallest absolute Gasteiger partial charge is 0.256 e. The Hall–Kier alpha value is -3.00. The average molecular weight is 407 g/mol. The van der Waals surface area contributed by atoms with Gasteiger partial charge < -0.3 is 16.8 Å². The van der Waals surface area contributed by atoms with E-state index in [2.05, 4.69) is 22.3 Å². The molecule has 0 bridgehead atoms. The number of anilines is 1. The second kappa shape index (κ2) is 8.16. The van der Waals surface area contributed by atoms with Crippen LogP contribution in [0.3, 0.4) is 0 Å². The number of hydrogen-bond acceptors (Lipinski definition) is 5. The van der Waals surface area contributed by atoms with Crippen LogP contribution >= 0.6 is 11.3 Å². The van der Waals surface area contributed by atoms with Crippen molar-refractivity contribution in [3.63, 3.8) is 0 Å². The first-order chi connectivity index (χ1) is 14.0. The Kier molecular flexibility index (Phi) is 5.44. The Balaban J connectivity index is 1.62. The van der Waals surface area contributed by atoms with E-state index in [1.807, 2.05) is 30.3 Å². The van der Waals surface area contributed by atoms with Gasteiger partial charge in [0.2, 0.25) is 0 Å². The SMILES string of the molecule is NC(=O)c1ccsc1NC(=O)c1ccc(-c2ccccc2)c(CN2CC(N)C2)c1. The molecule has 1 aliphatic rings. The molecular formula is C22H22N4O2S. The van der Waals surface area contributed by atoms with E-state index in [1.54, 1.807) is 17.5 Å². The molecule has 2 amide bonds. The Bertz CT molecular complexity index is 1040. The highest BCUT2D eigenvalue weighted by Gasteiger charge is 2.24. The van der Waals surface area contributed by atoms with Crippen LogP contribution in [-0.2, 0) is 6.54 Å². The summed E-state index contributed by atoms with van der Waals surface area (Å²) in [5.74, 6) is -0.827. The maximum absolute atomic E-state index is 12.8. The lowest BCUT2D eigenvalue weighted by atomic mass is 9.95. The summed E-state index contributed by atoms with van der Waals surface area (Å²) in [5.41, 5.74) is 15.4. The van der Waals surface area contributed by atoms with Gasteiger partial charge in [-0.2, -0.15) is 0 Å². The monoisotopic (exact) mass is 406 g/mol. The minimum absolute atomic E-state index is 0.215. The number of carbonyl (C=O) groups excluding carboxylic acids is 2. The van der Waals surface area contributed by atoms with E-state index in [-0.39, 0.29) is 11.9 Å². The second-order valence-corrected chi connectivity index (χ2v) is 8.09. The number of carbonyl (C=O) groups is 2. The van der Waals surface area contributed by atoms with Crippen molar-refractivity contribution in [1.29, 1.82) is 0 Å². The third kappa shape index (κ3) is 4.22. The zero-order chi connectivity index (χ0) is 20.4. The lowest BCUT2D eigenvalue weighted by Crippen LogP contribution is -2.54. The van der Waals surface area contributed by atoms with Gasteiger partial charge in [0, 0.05) is 31.2 Å². The summed E-state index contributed by atoms with van der Waals surface area (Å²) in [5, 5.41) is 5.00. The Morgan fingerprint density at radius 1 is 1.10 bits per heavy atom. The van der Waals surface area contributed by atoms with Crippen molar-refractivity contribution in [3.05, 3.63) is 76.7 Å². The number of primary amides is 1. The minimum Gasteiger partial charge on any atom is -0.366 e. The number of rotatable bonds is 6. The Labute approximate surface area is 173 Å². The zero-order valence-electron chi connectivity index (χ0n) is 15.8. The fraction of sp³-hybridized carbons (Fsp3) is 0.182. The molecule has 0 spiro atoms. The van der Waals surface area contributed by atoms with E-state index in [0.29, 0.717) is 16.1 Å². The quantitative estimate of drug-likeness (QED) is 0.586. The highest BCUT2D eigenvalue weighted by molar-refractivity contribution is 7.14. The number of likely N-dealkylation sites (tertiary alicyclic amines) is 1. The fourth-order valence-electron chi connectivity index (χ4n) is 3.52. The second-order valence-electron chi connectivity index (χ2n) is 7.17. The maximum Gasteiger partial charge on any atom is 0.256 e. The molecule has 0 atom stereocenters. The molecule has 5 N–H and O–H groups in total. The summed E-state index contributed by atoms with van der Waals surface area (Å²) >= 11 is 1.27. The van der Waals surface area contributed by atoms with Crippen LogP contribution in [0.25, 0.3) is 11.1 Å². The van der Waals surface area contributed by atoms with Gasteiger partial charge in [0.1, 0.15) is 5.00 Å². The molecule has 3 aromatic rings. The topological polar surface area (TPSA) is 101 Å². The van der Waals surface area contributed by atoms with Gasteiger partial charge in [-0.25, -0.2) is 0 Å². The molecule has 0 unspecified atom stereocenters. The number of nitrogens with one attached hydrogen (secondary N) is 1. The van der Waals surface area contributed by atoms with Gasteiger partial charge in [0.25, 0.3) is 11.8 Å². The first-order valence-corrected chi connectivity index (χ1v) is 10.2. The van der Waals surface area contributed by atoms with Crippen LogP contribution in [0, 0.1) is 0 Å². The standard InChI is InChI=1S/C22H22N4O2S/c23-17-12-26(13-17)11-16-10-15(6-7-18(16)14-4-2-1-3-5-14)21(28)25-22-19(20(24)27)8-9-29-22/h1-10,17H,11-13,23H2,(H2,24,27)(H,25,28). The predicted octanol–water partition coefficient (Wildman–Crippen LogP) is 2.91. The van der Waals surface area contributed by atoms with Crippen molar-refractivity contribution in [2.45, 2.75) is 12.6 Å². The van der Waals surface area contributed by atoms with Crippen LogP contribution < -0.4 is 16.8 Å². The predicted molar refractivity (Wildman–Crippen MR) is 116 cm³/mol. The lowest BCUT2D eigenvalue weighted by molar-refractivity contribution is 0.100. The number of amides is 2. The molecule has 1 aliphatic heterocycles. The van der Waals surface area contributed by atoms with Crippen molar-refractivity contribution in [2.75, 3.05) is 18.4 Å². The zero-order valence-corrected chi connectivity index (χ0v) is 16.6. The molecule has 0 saturated carbocycles. The first-order valence-electron chi connectivity index (χ1n) is 9.36. The number of nitrogens with zero attached hydrogens (tertiary/aromatic N) is 1. The van der Waals surface area contributed by atoms with Gasteiger partial charge in [-0.15, -0.1) is 11.3 Å². The molecule has 1 saturated heterocycles. The summed E-state index contributed by atoms with van der Waals surface area (Å²) in [6.45, 7) is 2.42. The third-order valence-corrected chi connectivity index (χ3v) is 5.82. The highest BCUT2D eigenvalue weighted by Crippen LogP contribution is 2.28. The van der Waals surface area contributed by atoms with Crippen molar-refractivity contribution in [2.24, 2.45) is 11.5 Å². The fourth-order valence-corrected chi connectivity index (χ4v) is 4.31. The molecule has 148 valence electrons. The van der Waals surface area contributed by atoms with E-state index in [4.69, 9.17) is 11.5 Å². The van der Waals surface area contributed by atoms with Gasteiger partial charge in [-0.3, -0.25) is 14.5 Å². The normalized spacial score (nSPS) is 14.4. The van der Waals surface area contributed by atoms with E-state index < -0.39 is 5.91 Å². The largest absolute Gasteiger partial charge is 0.366 e. The van der Waals surface area contributed by atoms with Crippen molar-refractivity contribution in [3.8, 4) is 11.1 Å². The molecule has 29 heavy (non-hydrogen) atoms. The van der Waals surface area contributed by atoms with Crippen molar-refractivity contribution in [1.82, 2.24) is 4.90 Å². The van der Waals surface area contributed by atoms with Crippen LogP contribution in [0.15, 0.2) is 60.0 Å². The van der Waals surface area contributed by atoms with Crippen LogP contribution in [0.5, 0.6) is 0 Å². The molecule has 1 aromatic heterocycles. The third-order valence-electron chi connectivity index (χ3n) is 4.99. The molecule has 6 nitrogen and oxygen atoms in total. The van der Waals surface area contributed by atoms with Gasteiger partial charge in [-0.1, -0.05) is 36.4 Å². The van der Waals surface area contributed by atoms with E-state index in [0.717, 1.165) is 36.3 Å². The molecule has 2 heterocycles. The first kappa shape index (κ1) is 19.3. The molecular weight excluding hydrogens is 384 g/mol. The molecule has 7 heteroatoms. The number of thiophene rings is 1. The van der Waals surface area contributed by atoms with Crippen LogP contribution in [-0.4, -0.2) is 35.8 Å². The summed E-state index contributed by atoms with van der Waals surface area (Å²) < 4.78 is 0. The molecule has 0 radical (unpaired) electrons. The van der Waals surface area contributed by atoms with E-state index in [1.165, 1.54) is 11.3 Å². The summed E-state index contributed by atoms with van der Waals surface area (Å²) in [6.07, 6.45) is 0. The Morgan fingerprint density at radius 2 is 1.86 bits per heavy atom.